The van der Waals surface area contributed by atoms with Gasteiger partial charge < -0.3 is 19.4 Å². The Hall–Kier alpha value is -1.86. The van der Waals surface area contributed by atoms with Crippen LogP contribution in [0.5, 0.6) is 0 Å². The molecule has 0 unspecified atom stereocenters. The van der Waals surface area contributed by atoms with E-state index in [0.717, 1.165) is 0 Å². The van der Waals surface area contributed by atoms with Crippen LogP contribution in [0, 0.1) is 0 Å². The molecule has 0 atom stereocenters. The number of hydrogen-bond donors (Lipinski definition) is 1. The third-order valence-electron chi connectivity index (χ3n) is 4.29. The standard InChI is InChI=1S/C16H22BNO5/c1-10(19)18-13-8-7-11(14(20)21-6)9-12(13)17-22-15(2,3)16(4,5)23-17/h7-9H,1-6H3,(H,18,19). The van der Waals surface area contributed by atoms with E-state index in [0.29, 0.717) is 16.7 Å². The Morgan fingerprint density at radius 1 is 1.13 bits per heavy atom. The van der Waals surface area contributed by atoms with Gasteiger partial charge in [0.05, 0.1) is 23.9 Å². The maximum atomic E-state index is 11.8. The normalized spacial score (nSPS) is 18.6. The molecule has 7 heteroatoms. The summed E-state index contributed by atoms with van der Waals surface area (Å²) >= 11 is 0. The zero-order valence-electron chi connectivity index (χ0n) is 14.4. The molecule has 0 aromatic heterocycles. The molecule has 6 nitrogen and oxygen atoms in total. The molecule has 2 rings (SSSR count). The number of esters is 1. The fourth-order valence-corrected chi connectivity index (χ4v) is 2.28. The van der Waals surface area contributed by atoms with Gasteiger partial charge >= 0.3 is 13.1 Å². The quantitative estimate of drug-likeness (QED) is 0.678. The number of methoxy groups -OCH3 is 1. The second-order valence-corrected chi connectivity index (χ2v) is 6.56. The summed E-state index contributed by atoms with van der Waals surface area (Å²) < 4.78 is 16.8. The Morgan fingerprint density at radius 2 is 1.70 bits per heavy atom. The predicted molar refractivity (Wildman–Crippen MR) is 87.8 cm³/mol. The van der Waals surface area contributed by atoms with E-state index in [2.05, 4.69) is 5.32 Å². The van der Waals surface area contributed by atoms with Crippen LogP contribution < -0.4 is 10.8 Å². The van der Waals surface area contributed by atoms with Crippen molar-refractivity contribution in [2.75, 3.05) is 12.4 Å². The molecule has 124 valence electrons. The van der Waals surface area contributed by atoms with Crippen LogP contribution in [0.2, 0.25) is 0 Å². The largest absolute Gasteiger partial charge is 0.497 e. The number of ether oxygens (including phenoxy) is 1. The highest BCUT2D eigenvalue weighted by molar-refractivity contribution is 6.64. The van der Waals surface area contributed by atoms with Crippen molar-refractivity contribution in [2.45, 2.75) is 45.8 Å². The first-order valence-electron chi connectivity index (χ1n) is 7.43. The van der Waals surface area contributed by atoms with E-state index in [1.165, 1.54) is 14.0 Å². The number of benzene rings is 1. The smallest absolute Gasteiger partial charge is 0.465 e. The first-order valence-corrected chi connectivity index (χ1v) is 7.43. The van der Waals surface area contributed by atoms with E-state index in [1.54, 1.807) is 18.2 Å². The van der Waals surface area contributed by atoms with E-state index < -0.39 is 24.3 Å². The lowest BCUT2D eigenvalue weighted by Crippen LogP contribution is -2.41. The van der Waals surface area contributed by atoms with Crippen LogP contribution in [-0.4, -0.2) is 37.3 Å². The van der Waals surface area contributed by atoms with Crippen molar-refractivity contribution in [3.63, 3.8) is 0 Å². The lowest BCUT2D eigenvalue weighted by Gasteiger charge is -2.32. The Balaban J connectivity index is 2.46. The summed E-state index contributed by atoms with van der Waals surface area (Å²) in [6.07, 6.45) is 0. The van der Waals surface area contributed by atoms with Gasteiger partial charge in [-0.2, -0.15) is 0 Å². The molecular formula is C16H22BNO5. The second kappa shape index (κ2) is 5.98. The molecule has 1 saturated heterocycles. The van der Waals surface area contributed by atoms with Crippen molar-refractivity contribution >= 4 is 30.1 Å². The Labute approximate surface area is 136 Å². The van der Waals surface area contributed by atoms with Crippen LogP contribution in [0.3, 0.4) is 0 Å². The molecule has 1 aromatic rings. The molecule has 1 heterocycles. The molecule has 1 aliphatic heterocycles. The average Bonchev–Trinajstić information content (AvgIpc) is 2.66. The maximum Gasteiger partial charge on any atom is 0.497 e. The molecule has 0 bridgehead atoms. The van der Waals surface area contributed by atoms with Crippen molar-refractivity contribution in [2.24, 2.45) is 0 Å². The molecular weight excluding hydrogens is 297 g/mol. The minimum absolute atomic E-state index is 0.214. The number of nitrogens with one attached hydrogen (secondary N) is 1. The third kappa shape index (κ3) is 3.40. The lowest BCUT2D eigenvalue weighted by molar-refractivity contribution is -0.114. The molecule has 23 heavy (non-hydrogen) atoms. The van der Waals surface area contributed by atoms with Gasteiger partial charge in [-0.1, -0.05) is 0 Å². The molecule has 1 aromatic carbocycles. The van der Waals surface area contributed by atoms with Gasteiger partial charge in [-0.3, -0.25) is 4.79 Å². The van der Waals surface area contributed by atoms with Crippen molar-refractivity contribution in [3.8, 4) is 0 Å². The molecule has 1 N–H and O–H groups in total. The summed E-state index contributed by atoms with van der Waals surface area (Å²) in [5, 5.41) is 2.74. The van der Waals surface area contributed by atoms with Gasteiger partial charge in [0.25, 0.3) is 0 Å². The zero-order valence-corrected chi connectivity index (χ0v) is 14.4. The molecule has 0 radical (unpaired) electrons. The average molecular weight is 319 g/mol. The Kier molecular flexibility index (Phi) is 4.55. The Morgan fingerprint density at radius 3 is 2.17 bits per heavy atom. The Bertz CT molecular complexity index is 625. The highest BCUT2D eigenvalue weighted by atomic mass is 16.7. The van der Waals surface area contributed by atoms with Crippen molar-refractivity contribution in [3.05, 3.63) is 23.8 Å². The second-order valence-electron chi connectivity index (χ2n) is 6.56. The van der Waals surface area contributed by atoms with Gasteiger partial charge in [0.2, 0.25) is 5.91 Å². The molecule has 1 amide bonds. The van der Waals surface area contributed by atoms with Crippen LogP contribution in [-0.2, 0) is 18.8 Å². The van der Waals surface area contributed by atoms with Gasteiger partial charge in [0, 0.05) is 18.1 Å². The fourth-order valence-electron chi connectivity index (χ4n) is 2.28. The number of anilines is 1. The van der Waals surface area contributed by atoms with Gasteiger partial charge in [-0.15, -0.1) is 0 Å². The molecule has 0 spiro atoms. The molecule has 1 fully saturated rings. The summed E-state index contributed by atoms with van der Waals surface area (Å²) in [7, 11) is 0.630. The van der Waals surface area contributed by atoms with E-state index >= 15 is 0 Å². The first kappa shape index (κ1) is 17.5. The number of carbonyl (C=O) groups is 2. The third-order valence-corrected chi connectivity index (χ3v) is 4.29. The van der Waals surface area contributed by atoms with Crippen LogP contribution in [0.1, 0.15) is 45.0 Å². The minimum atomic E-state index is -0.688. The monoisotopic (exact) mass is 319 g/mol. The zero-order chi connectivity index (χ0) is 17.4. The van der Waals surface area contributed by atoms with E-state index in [9.17, 15) is 9.59 Å². The van der Waals surface area contributed by atoms with Gasteiger partial charge in [0.1, 0.15) is 0 Å². The first-order chi connectivity index (χ1) is 10.6. The van der Waals surface area contributed by atoms with Gasteiger partial charge in [-0.25, -0.2) is 4.79 Å². The number of amides is 1. The topological polar surface area (TPSA) is 73.9 Å². The summed E-state index contributed by atoms with van der Waals surface area (Å²) in [6.45, 7) is 9.18. The fraction of sp³-hybridized carbons (Fsp3) is 0.500. The van der Waals surface area contributed by atoms with E-state index in [4.69, 9.17) is 14.0 Å². The molecule has 0 aliphatic carbocycles. The summed E-state index contributed by atoms with van der Waals surface area (Å²) in [6, 6.07) is 4.86. The summed E-state index contributed by atoms with van der Waals surface area (Å²) in [5.41, 5.74) is 0.454. The van der Waals surface area contributed by atoms with Crippen molar-refractivity contribution < 1.29 is 23.6 Å². The van der Waals surface area contributed by atoms with Crippen molar-refractivity contribution in [1.29, 1.82) is 0 Å². The summed E-state index contributed by atoms with van der Waals surface area (Å²) in [5.74, 6) is -0.675. The predicted octanol–water partition coefficient (Wildman–Crippen LogP) is 1.73. The molecule has 0 saturated carbocycles. The maximum absolute atomic E-state index is 11.8. The van der Waals surface area contributed by atoms with Crippen LogP contribution in [0.4, 0.5) is 5.69 Å². The van der Waals surface area contributed by atoms with E-state index in [-0.39, 0.29) is 5.91 Å². The van der Waals surface area contributed by atoms with Gasteiger partial charge in [-0.05, 0) is 45.9 Å². The molecule has 1 aliphatic rings. The van der Waals surface area contributed by atoms with Gasteiger partial charge in [0.15, 0.2) is 0 Å². The van der Waals surface area contributed by atoms with Crippen LogP contribution >= 0.6 is 0 Å². The lowest BCUT2D eigenvalue weighted by atomic mass is 9.77. The van der Waals surface area contributed by atoms with Crippen LogP contribution in [0.25, 0.3) is 0 Å². The van der Waals surface area contributed by atoms with Crippen molar-refractivity contribution in [1.82, 2.24) is 0 Å². The number of hydrogen-bond acceptors (Lipinski definition) is 5. The van der Waals surface area contributed by atoms with E-state index in [1.807, 2.05) is 27.7 Å². The summed E-state index contributed by atoms with van der Waals surface area (Å²) in [4.78, 5) is 23.2. The highest BCUT2D eigenvalue weighted by Gasteiger charge is 2.52. The highest BCUT2D eigenvalue weighted by Crippen LogP contribution is 2.37. The number of carbonyl (C=O) groups excluding carboxylic acids is 2. The SMILES string of the molecule is COC(=O)c1ccc(NC(C)=O)c(B2OC(C)(C)C(C)(C)O2)c1. The van der Waals surface area contributed by atoms with Crippen LogP contribution in [0.15, 0.2) is 18.2 Å². The number of rotatable bonds is 3. The minimum Gasteiger partial charge on any atom is -0.465 e.